The number of hydrogen-bond acceptors (Lipinski definition) is 2. The lowest BCUT2D eigenvalue weighted by molar-refractivity contribution is 0.792. The van der Waals surface area contributed by atoms with Gasteiger partial charge in [-0.25, -0.2) is 0 Å². The summed E-state index contributed by atoms with van der Waals surface area (Å²) in [5, 5.41) is 10.5. The number of rotatable bonds is 2. The number of halogens is 2. The minimum absolute atomic E-state index is 0.0626. The van der Waals surface area contributed by atoms with Crippen LogP contribution in [0.4, 0.5) is 0 Å². The van der Waals surface area contributed by atoms with Gasteiger partial charge in [-0.15, -0.1) is 0 Å². The molecule has 1 heterocycles. The fourth-order valence-electron chi connectivity index (χ4n) is 2.41. The van der Waals surface area contributed by atoms with Crippen LogP contribution in [0.3, 0.4) is 0 Å². The molecule has 3 aromatic rings. The van der Waals surface area contributed by atoms with Crippen LogP contribution in [0, 0.1) is 11.3 Å². The smallest absolute Gasteiger partial charge is 0.270 e. The molecule has 108 valence electrons. The summed E-state index contributed by atoms with van der Waals surface area (Å²) in [6, 6.07) is 16.6. The molecule has 1 aromatic heterocycles. The summed E-state index contributed by atoms with van der Waals surface area (Å²) in [5.41, 5.74) is 1.16. The van der Waals surface area contributed by atoms with Crippen molar-refractivity contribution in [1.82, 2.24) is 4.57 Å². The molecule has 0 N–H and O–H groups in total. The van der Waals surface area contributed by atoms with Crippen LogP contribution in [0.1, 0.15) is 11.1 Å². The standard InChI is InChI=1S/C17H10Cl2N2O/c18-12-6-7-15-13(8-12)16(19)14(9-20)17(22)21(15)10-11-4-2-1-3-5-11/h1-8H,10H2. The van der Waals surface area contributed by atoms with Gasteiger partial charge in [0, 0.05) is 10.4 Å². The van der Waals surface area contributed by atoms with Gasteiger partial charge < -0.3 is 4.57 Å². The Morgan fingerprint density at radius 1 is 1.09 bits per heavy atom. The number of aromatic nitrogens is 1. The lowest BCUT2D eigenvalue weighted by atomic mass is 10.1. The minimum Gasteiger partial charge on any atom is -0.303 e. The van der Waals surface area contributed by atoms with Crippen molar-refractivity contribution in [3.63, 3.8) is 0 Å². The zero-order valence-electron chi connectivity index (χ0n) is 11.4. The van der Waals surface area contributed by atoms with Crippen molar-refractivity contribution in [2.45, 2.75) is 6.54 Å². The summed E-state index contributed by atoms with van der Waals surface area (Å²) in [4.78, 5) is 12.5. The molecular formula is C17H10Cl2N2O. The summed E-state index contributed by atoms with van der Waals surface area (Å²) < 4.78 is 1.55. The maximum absolute atomic E-state index is 12.5. The van der Waals surface area contributed by atoms with E-state index in [9.17, 15) is 10.1 Å². The lowest BCUT2D eigenvalue weighted by Crippen LogP contribution is -2.24. The van der Waals surface area contributed by atoms with Crippen molar-refractivity contribution in [2.75, 3.05) is 0 Å². The SMILES string of the molecule is N#Cc1c(Cl)c2cc(Cl)ccc2n(Cc2ccccc2)c1=O. The molecule has 0 saturated carbocycles. The van der Waals surface area contributed by atoms with Crippen LogP contribution < -0.4 is 5.56 Å². The third-order valence-corrected chi connectivity index (χ3v) is 4.09. The van der Waals surface area contributed by atoms with Crippen molar-refractivity contribution in [1.29, 1.82) is 5.26 Å². The number of pyridine rings is 1. The summed E-state index contributed by atoms with van der Waals surface area (Å²) in [7, 11) is 0. The number of nitrogens with zero attached hydrogens (tertiary/aromatic N) is 2. The number of fused-ring (bicyclic) bond motifs is 1. The van der Waals surface area contributed by atoms with Crippen LogP contribution in [0.15, 0.2) is 53.3 Å². The molecule has 5 heteroatoms. The third-order valence-electron chi connectivity index (χ3n) is 3.46. The van der Waals surface area contributed by atoms with Crippen LogP contribution >= 0.6 is 23.2 Å². The maximum atomic E-state index is 12.5. The first-order valence-electron chi connectivity index (χ1n) is 6.57. The van der Waals surface area contributed by atoms with Gasteiger partial charge in [0.1, 0.15) is 11.6 Å². The highest BCUT2D eigenvalue weighted by Crippen LogP contribution is 2.27. The fraction of sp³-hybridized carbons (Fsp3) is 0.0588. The Labute approximate surface area is 136 Å². The van der Waals surface area contributed by atoms with E-state index in [0.717, 1.165) is 5.56 Å². The second-order valence-corrected chi connectivity index (χ2v) is 5.65. The van der Waals surface area contributed by atoms with Crippen molar-refractivity contribution in [2.24, 2.45) is 0 Å². The predicted octanol–water partition coefficient (Wildman–Crippen LogP) is 4.23. The van der Waals surface area contributed by atoms with Crippen molar-refractivity contribution < 1.29 is 0 Å². The molecule has 3 nitrogen and oxygen atoms in total. The molecule has 0 fully saturated rings. The molecular weight excluding hydrogens is 319 g/mol. The van der Waals surface area contributed by atoms with Crippen LogP contribution in [0.25, 0.3) is 10.9 Å². The molecule has 0 bridgehead atoms. The lowest BCUT2D eigenvalue weighted by Gasteiger charge is -2.13. The molecule has 3 rings (SSSR count). The molecule has 22 heavy (non-hydrogen) atoms. The maximum Gasteiger partial charge on any atom is 0.270 e. The van der Waals surface area contributed by atoms with Gasteiger partial charge in [0.15, 0.2) is 0 Å². The zero-order chi connectivity index (χ0) is 15.7. The molecule has 0 aliphatic carbocycles. The molecule has 0 aliphatic heterocycles. The first kappa shape index (κ1) is 14.6. The van der Waals surface area contributed by atoms with Crippen LogP contribution in [-0.2, 0) is 6.54 Å². The predicted molar refractivity (Wildman–Crippen MR) is 88.5 cm³/mol. The Balaban J connectivity index is 2.33. The number of nitriles is 1. The molecule has 0 saturated heterocycles. The molecule has 0 radical (unpaired) electrons. The average Bonchev–Trinajstić information content (AvgIpc) is 2.53. The topological polar surface area (TPSA) is 45.8 Å². The molecule has 2 aromatic carbocycles. The monoisotopic (exact) mass is 328 g/mol. The molecule has 0 spiro atoms. The number of benzene rings is 2. The Morgan fingerprint density at radius 2 is 1.82 bits per heavy atom. The highest BCUT2D eigenvalue weighted by Gasteiger charge is 2.15. The van der Waals surface area contributed by atoms with Crippen molar-refractivity contribution in [3.8, 4) is 6.07 Å². The summed E-state index contributed by atoms with van der Waals surface area (Å²) in [6.45, 7) is 0.365. The zero-order valence-corrected chi connectivity index (χ0v) is 12.9. The summed E-state index contributed by atoms with van der Waals surface area (Å²) in [5.74, 6) is 0. The van der Waals surface area contributed by atoms with E-state index in [0.29, 0.717) is 22.5 Å². The first-order chi connectivity index (χ1) is 10.6. The van der Waals surface area contributed by atoms with E-state index in [1.54, 1.807) is 22.8 Å². The Kier molecular flexibility index (Phi) is 3.89. The largest absolute Gasteiger partial charge is 0.303 e. The van der Waals surface area contributed by atoms with Crippen LogP contribution in [0.5, 0.6) is 0 Å². The highest BCUT2D eigenvalue weighted by molar-refractivity contribution is 6.37. The van der Waals surface area contributed by atoms with Crippen molar-refractivity contribution in [3.05, 3.63) is 80.1 Å². The van der Waals surface area contributed by atoms with E-state index >= 15 is 0 Å². The van der Waals surface area contributed by atoms with Gasteiger partial charge in [-0.05, 0) is 23.8 Å². The van der Waals surface area contributed by atoms with Crippen molar-refractivity contribution >= 4 is 34.1 Å². The first-order valence-corrected chi connectivity index (χ1v) is 7.33. The van der Waals surface area contributed by atoms with Gasteiger partial charge in [-0.1, -0.05) is 53.5 Å². The van der Waals surface area contributed by atoms with E-state index in [1.165, 1.54) is 0 Å². The van der Waals surface area contributed by atoms with Crippen LogP contribution in [0.2, 0.25) is 10.0 Å². The fourth-order valence-corrected chi connectivity index (χ4v) is 2.86. The van der Waals surface area contributed by atoms with E-state index in [1.807, 2.05) is 36.4 Å². The number of hydrogen-bond donors (Lipinski definition) is 0. The average molecular weight is 329 g/mol. The van der Waals surface area contributed by atoms with E-state index < -0.39 is 5.56 Å². The van der Waals surface area contributed by atoms with Gasteiger partial charge >= 0.3 is 0 Å². The second-order valence-electron chi connectivity index (χ2n) is 4.84. The Hall–Kier alpha value is -2.28. The molecule has 0 unspecified atom stereocenters. The van der Waals surface area contributed by atoms with E-state index in [2.05, 4.69) is 0 Å². The van der Waals surface area contributed by atoms with Gasteiger partial charge in [0.2, 0.25) is 0 Å². The second kappa shape index (κ2) is 5.84. The van der Waals surface area contributed by atoms with E-state index in [4.69, 9.17) is 23.2 Å². The Morgan fingerprint density at radius 3 is 2.50 bits per heavy atom. The quantitative estimate of drug-likeness (QED) is 0.706. The van der Waals surface area contributed by atoms with E-state index in [-0.39, 0.29) is 10.6 Å². The van der Waals surface area contributed by atoms with Gasteiger partial charge in [-0.2, -0.15) is 5.26 Å². The van der Waals surface area contributed by atoms with Crippen LogP contribution in [-0.4, -0.2) is 4.57 Å². The molecule has 0 atom stereocenters. The normalized spacial score (nSPS) is 10.6. The van der Waals surface area contributed by atoms with Gasteiger partial charge in [-0.3, -0.25) is 4.79 Å². The third kappa shape index (κ3) is 2.48. The summed E-state index contributed by atoms with van der Waals surface area (Å²) >= 11 is 12.2. The van der Waals surface area contributed by atoms with Gasteiger partial charge in [0.25, 0.3) is 5.56 Å². The highest BCUT2D eigenvalue weighted by atomic mass is 35.5. The minimum atomic E-state index is -0.397. The Bertz CT molecular complexity index is 956. The molecule has 0 aliphatic rings. The van der Waals surface area contributed by atoms with Gasteiger partial charge in [0.05, 0.1) is 17.1 Å². The summed E-state index contributed by atoms with van der Waals surface area (Å²) in [6.07, 6.45) is 0. The molecule has 0 amide bonds.